The Kier molecular flexibility index (Phi) is 5.57. The van der Waals surface area contributed by atoms with E-state index in [4.69, 9.17) is 20.8 Å². The summed E-state index contributed by atoms with van der Waals surface area (Å²) in [5, 5.41) is 0.463. The highest BCUT2D eigenvalue weighted by molar-refractivity contribution is 6.30. The summed E-state index contributed by atoms with van der Waals surface area (Å²) in [4.78, 5) is 25.7. The van der Waals surface area contributed by atoms with Crippen molar-refractivity contribution >= 4 is 28.5 Å². The normalized spacial score (nSPS) is 12.0. The molecule has 156 valence electrons. The topological polar surface area (TPSA) is 56.5 Å². The summed E-state index contributed by atoms with van der Waals surface area (Å²) in [7, 11) is 0. The number of hydrogen-bond donors (Lipinski definition) is 0. The molecule has 0 aliphatic rings. The first-order valence-electron chi connectivity index (χ1n) is 9.32. The molecule has 7 heteroatoms. The summed E-state index contributed by atoms with van der Waals surface area (Å²) in [6, 6.07) is 15.0. The molecule has 0 radical (unpaired) electrons. The number of halogens is 3. The van der Waals surface area contributed by atoms with Crippen LogP contribution in [0.2, 0.25) is 5.02 Å². The number of carbonyl (C=O) groups is 1. The minimum atomic E-state index is -0.997. The lowest BCUT2D eigenvalue weighted by Gasteiger charge is -2.17. The minimum absolute atomic E-state index is 0.000705. The first-order chi connectivity index (χ1) is 14.8. The van der Waals surface area contributed by atoms with Crippen molar-refractivity contribution < 1.29 is 22.7 Å². The van der Waals surface area contributed by atoms with Crippen LogP contribution < -0.4 is 5.43 Å². The first-order valence-corrected chi connectivity index (χ1v) is 9.70. The van der Waals surface area contributed by atoms with Crippen LogP contribution >= 0.6 is 11.6 Å². The van der Waals surface area contributed by atoms with E-state index in [-0.39, 0.29) is 33.4 Å². The van der Waals surface area contributed by atoms with Gasteiger partial charge in [0.25, 0.3) is 0 Å². The van der Waals surface area contributed by atoms with Gasteiger partial charge in [0, 0.05) is 5.02 Å². The summed E-state index contributed by atoms with van der Waals surface area (Å²) in [5.41, 5.74) is 0.0405. The molecular weight excluding hydrogens is 426 g/mol. The van der Waals surface area contributed by atoms with Gasteiger partial charge in [0.05, 0.1) is 16.5 Å². The van der Waals surface area contributed by atoms with Crippen LogP contribution in [0.5, 0.6) is 0 Å². The molecule has 0 saturated carbocycles. The average Bonchev–Trinajstić information content (AvgIpc) is 2.74. The van der Waals surface area contributed by atoms with Crippen LogP contribution in [0.25, 0.3) is 22.1 Å². The van der Waals surface area contributed by atoms with Gasteiger partial charge in [-0.15, -0.1) is 0 Å². The second kappa shape index (κ2) is 8.32. The SMILES string of the molecule is C[C@@H](OC(=O)c1ccc(Cl)cc1)c1oc2ccc(F)cc2c(=O)c1-c1cccc(F)c1. The predicted octanol–water partition coefficient (Wildman–Crippen LogP) is 6.31. The molecular formula is C24H15ClF2O4. The number of hydrogen-bond acceptors (Lipinski definition) is 4. The van der Waals surface area contributed by atoms with Gasteiger partial charge in [-0.2, -0.15) is 0 Å². The lowest BCUT2D eigenvalue weighted by molar-refractivity contribution is 0.0294. The molecule has 1 atom stereocenters. The number of rotatable bonds is 4. The van der Waals surface area contributed by atoms with Crippen molar-refractivity contribution in [3.8, 4) is 11.1 Å². The Morgan fingerprint density at radius 3 is 2.42 bits per heavy atom. The van der Waals surface area contributed by atoms with E-state index in [1.54, 1.807) is 12.1 Å². The Morgan fingerprint density at radius 1 is 1.00 bits per heavy atom. The van der Waals surface area contributed by atoms with Gasteiger partial charge in [0.1, 0.15) is 17.2 Å². The zero-order valence-corrected chi connectivity index (χ0v) is 17.0. The maximum atomic E-state index is 13.9. The van der Waals surface area contributed by atoms with Crippen molar-refractivity contribution in [3.63, 3.8) is 0 Å². The van der Waals surface area contributed by atoms with Gasteiger partial charge in [-0.25, -0.2) is 13.6 Å². The molecule has 1 aromatic heterocycles. The minimum Gasteiger partial charge on any atom is -0.456 e. The molecule has 0 unspecified atom stereocenters. The van der Waals surface area contributed by atoms with Crippen molar-refractivity contribution in [2.75, 3.05) is 0 Å². The monoisotopic (exact) mass is 440 g/mol. The quantitative estimate of drug-likeness (QED) is 0.349. The third kappa shape index (κ3) is 4.20. The molecule has 0 bridgehead atoms. The van der Waals surface area contributed by atoms with Crippen molar-refractivity contribution in [2.24, 2.45) is 0 Å². The van der Waals surface area contributed by atoms with E-state index >= 15 is 0 Å². The molecule has 0 amide bonds. The van der Waals surface area contributed by atoms with Gasteiger partial charge in [0.15, 0.2) is 11.9 Å². The smallest absolute Gasteiger partial charge is 0.338 e. The molecule has 3 aromatic carbocycles. The van der Waals surface area contributed by atoms with Crippen LogP contribution in [0.3, 0.4) is 0 Å². The summed E-state index contributed by atoms with van der Waals surface area (Å²) in [6.07, 6.45) is -0.997. The summed E-state index contributed by atoms with van der Waals surface area (Å²) in [6.45, 7) is 1.53. The maximum absolute atomic E-state index is 13.9. The largest absolute Gasteiger partial charge is 0.456 e. The third-order valence-electron chi connectivity index (χ3n) is 4.73. The Morgan fingerprint density at radius 2 is 1.71 bits per heavy atom. The number of ether oxygens (including phenoxy) is 1. The van der Waals surface area contributed by atoms with Crippen LogP contribution in [0.15, 0.2) is 75.9 Å². The molecule has 4 rings (SSSR count). The Bertz CT molecular complexity index is 1350. The molecule has 1 heterocycles. The molecule has 0 fully saturated rings. The number of esters is 1. The van der Waals surface area contributed by atoms with E-state index in [9.17, 15) is 18.4 Å². The Balaban J connectivity index is 1.84. The van der Waals surface area contributed by atoms with Crippen LogP contribution in [-0.2, 0) is 4.74 Å². The van der Waals surface area contributed by atoms with Gasteiger partial charge in [-0.3, -0.25) is 4.79 Å². The standard InChI is InChI=1S/C24H15ClF2O4/c1-13(30-24(29)14-5-7-16(25)8-6-14)23-21(15-3-2-4-17(26)11-15)22(28)19-12-18(27)9-10-20(19)31-23/h2-13H,1H3/t13-/m1/s1. The van der Waals surface area contributed by atoms with Crippen molar-refractivity contribution in [1.82, 2.24) is 0 Å². The van der Waals surface area contributed by atoms with Crippen LogP contribution in [0.4, 0.5) is 8.78 Å². The zero-order valence-electron chi connectivity index (χ0n) is 16.2. The summed E-state index contributed by atoms with van der Waals surface area (Å²) < 4.78 is 39.0. The van der Waals surface area contributed by atoms with E-state index in [0.29, 0.717) is 5.02 Å². The molecule has 0 aliphatic heterocycles. The number of fused-ring (bicyclic) bond motifs is 1. The summed E-state index contributed by atoms with van der Waals surface area (Å²) in [5.74, 6) is -1.80. The lowest BCUT2D eigenvalue weighted by Crippen LogP contribution is -2.15. The van der Waals surface area contributed by atoms with Gasteiger partial charge < -0.3 is 9.15 Å². The molecule has 31 heavy (non-hydrogen) atoms. The average molecular weight is 441 g/mol. The molecule has 0 saturated heterocycles. The lowest BCUT2D eigenvalue weighted by atomic mass is 10.00. The molecule has 0 aliphatic carbocycles. The molecule has 0 spiro atoms. The van der Waals surface area contributed by atoms with E-state index < -0.39 is 29.1 Å². The predicted molar refractivity (Wildman–Crippen MR) is 113 cm³/mol. The van der Waals surface area contributed by atoms with E-state index in [1.165, 1.54) is 43.3 Å². The van der Waals surface area contributed by atoms with Gasteiger partial charge in [0.2, 0.25) is 5.43 Å². The van der Waals surface area contributed by atoms with Crippen molar-refractivity contribution in [2.45, 2.75) is 13.0 Å². The van der Waals surface area contributed by atoms with Gasteiger partial charge in [-0.1, -0.05) is 23.7 Å². The van der Waals surface area contributed by atoms with E-state index in [2.05, 4.69) is 0 Å². The second-order valence-corrected chi connectivity index (χ2v) is 7.31. The second-order valence-electron chi connectivity index (χ2n) is 6.88. The van der Waals surface area contributed by atoms with Crippen LogP contribution in [0, 0.1) is 11.6 Å². The Labute approximate surface area is 180 Å². The van der Waals surface area contributed by atoms with Gasteiger partial charge >= 0.3 is 5.97 Å². The molecule has 4 aromatic rings. The fraction of sp³-hybridized carbons (Fsp3) is 0.0833. The molecule has 4 nitrogen and oxygen atoms in total. The highest BCUT2D eigenvalue weighted by atomic mass is 35.5. The maximum Gasteiger partial charge on any atom is 0.338 e. The number of carbonyl (C=O) groups excluding carboxylic acids is 1. The Hall–Kier alpha value is -3.51. The highest BCUT2D eigenvalue weighted by Crippen LogP contribution is 2.31. The fourth-order valence-electron chi connectivity index (χ4n) is 3.26. The van der Waals surface area contributed by atoms with Gasteiger partial charge in [-0.05, 0) is 67.1 Å². The third-order valence-corrected chi connectivity index (χ3v) is 4.98. The molecule has 0 N–H and O–H groups in total. The number of benzene rings is 3. The summed E-state index contributed by atoms with van der Waals surface area (Å²) >= 11 is 5.84. The van der Waals surface area contributed by atoms with Crippen LogP contribution in [-0.4, -0.2) is 5.97 Å². The van der Waals surface area contributed by atoms with E-state index in [0.717, 1.165) is 18.2 Å². The zero-order chi connectivity index (χ0) is 22.1. The fourth-order valence-corrected chi connectivity index (χ4v) is 3.38. The van der Waals surface area contributed by atoms with Crippen molar-refractivity contribution in [3.05, 3.63) is 105 Å². The van der Waals surface area contributed by atoms with Crippen molar-refractivity contribution in [1.29, 1.82) is 0 Å². The first kappa shape index (κ1) is 20.8. The highest BCUT2D eigenvalue weighted by Gasteiger charge is 2.24. The van der Waals surface area contributed by atoms with Crippen LogP contribution in [0.1, 0.15) is 29.1 Å². The van der Waals surface area contributed by atoms with E-state index in [1.807, 2.05) is 0 Å².